The van der Waals surface area contributed by atoms with Gasteiger partial charge in [0.2, 0.25) is 0 Å². The molecule has 82 valence electrons. The van der Waals surface area contributed by atoms with E-state index in [-0.39, 0.29) is 11.6 Å². The summed E-state index contributed by atoms with van der Waals surface area (Å²) in [6.45, 7) is 4.07. The molecule has 2 N–H and O–H groups in total. The van der Waals surface area contributed by atoms with E-state index in [9.17, 15) is 4.79 Å². The van der Waals surface area contributed by atoms with Gasteiger partial charge < -0.3 is 5.32 Å². The van der Waals surface area contributed by atoms with Crippen LogP contribution in [0.5, 0.6) is 0 Å². The van der Waals surface area contributed by atoms with Crippen molar-refractivity contribution in [1.82, 2.24) is 15.1 Å². The highest BCUT2D eigenvalue weighted by molar-refractivity contribution is 5.28. The minimum Gasteiger partial charge on any atom is -0.307 e. The zero-order valence-electron chi connectivity index (χ0n) is 9.21. The number of rotatable bonds is 1. The smallest absolute Gasteiger partial charge is 0.271 e. The van der Waals surface area contributed by atoms with Crippen molar-refractivity contribution < 1.29 is 0 Å². The van der Waals surface area contributed by atoms with E-state index >= 15 is 0 Å². The predicted octanol–water partition coefficient (Wildman–Crippen LogP) is 1.11. The summed E-state index contributed by atoms with van der Waals surface area (Å²) in [4.78, 5) is 12.1. The number of aromatic nitrogens is 2. The van der Waals surface area contributed by atoms with E-state index in [1.54, 1.807) is 4.68 Å². The lowest BCUT2D eigenvalue weighted by atomic mass is 10.0. The van der Waals surface area contributed by atoms with E-state index in [1.807, 2.05) is 13.8 Å². The second-order valence-electron chi connectivity index (χ2n) is 4.97. The second kappa shape index (κ2) is 2.98. The molecule has 0 aromatic carbocycles. The Bertz CT molecular complexity index is 443. The molecule has 4 nitrogen and oxygen atoms in total. The Morgan fingerprint density at radius 3 is 2.93 bits per heavy atom. The van der Waals surface area contributed by atoms with Crippen molar-refractivity contribution in [3.8, 4) is 0 Å². The van der Waals surface area contributed by atoms with Gasteiger partial charge in [-0.15, -0.1) is 0 Å². The van der Waals surface area contributed by atoms with Crippen molar-refractivity contribution in [2.24, 2.45) is 0 Å². The second-order valence-corrected chi connectivity index (χ2v) is 4.97. The van der Waals surface area contributed by atoms with Crippen molar-refractivity contribution >= 4 is 0 Å². The van der Waals surface area contributed by atoms with E-state index in [0.717, 1.165) is 18.4 Å². The molecule has 1 saturated heterocycles. The maximum Gasteiger partial charge on any atom is 0.271 e. The third-order valence-corrected chi connectivity index (χ3v) is 3.59. The minimum atomic E-state index is 0.179. The van der Waals surface area contributed by atoms with E-state index in [0.29, 0.717) is 12.1 Å². The highest BCUT2D eigenvalue weighted by Gasteiger charge is 2.36. The summed E-state index contributed by atoms with van der Waals surface area (Å²) in [6.07, 6.45) is 3.30. The van der Waals surface area contributed by atoms with E-state index < -0.39 is 0 Å². The van der Waals surface area contributed by atoms with Crippen molar-refractivity contribution in [2.45, 2.75) is 51.2 Å². The number of H-pyrrole nitrogens is 1. The van der Waals surface area contributed by atoms with Crippen LogP contribution in [0.2, 0.25) is 0 Å². The maximum atomic E-state index is 12.1. The van der Waals surface area contributed by atoms with Crippen LogP contribution < -0.4 is 10.9 Å². The molecule has 1 aromatic rings. The predicted molar refractivity (Wildman–Crippen MR) is 58.0 cm³/mol. The first-order valence-corrected chi connectivity index (χ1v) is 5.76. The van der Waals surface area contributed by atoms with Gasteiger partial charge in [-0.3, -0.25) is 14.6 Å². The molecule has 4 heteroatoms. The first-order valence-electron chi connectivity index (χ1n) is 5.76. The molecule has 15 heavy (non-hydrogen) atoms. The quantitative estimate of drug-likeness (QED) is 0.724. The molecule has 0 saturated carbocycles. The molecule has 0 spiro atoms. The molecular formula is C11H17N3O. The normalized spacial score (nSPS) is 28.5. The SMILES string of the molecule is CC(C)n1[nH]c2c(c1=O)C1CCC(C2)N1. The molecule has 3 heterocycles. The summed E-state index contributed by atoms with van der Waals surface area (Å²) in [5, 5.41) is 6.77. The molecule has 0 aliphatic carbocycles. The minimum absolute atomic E-state index is 0.179. The van der Waals surface area contributed by atoms with E-state index in [2.05, 4.69) is 10.4 Å². The van der Waals surface area contributed by atoms with Gasteiger partial charge in [-0.2, -0.15) is 0 Å². The number of fused-ring (bicyclic) bond motifs is 4. The van der Waals surface area contributed by atoms with Crippen LogP contribution in [-0.2, 0) is 6.42 Å². The fourth-order valence-electron chi connectivity index (χ4n) is 2.85. The van der Waals surface area contributed by atoms with Crippen LogP contribution in [0.4, 0.5) is 0 Å². The topological polar surface area (TPSA) is 49.8 Å². The molecule has 3 rings (SSSR count). The van der Waals surface area contributed by atoms with Crippen LogP contribution in [0, 0.1) is 0 Å². The maximum absolute atomic E-state index is 12.1. The zero-order chi connectivity index (χ0) is 10.6. The van der Waals surface area contributed by atoms with Gasteiger partial charge in [0, 0.05) is 30.2 Å². The molecule has 2 aliphatic heterocycles. The number of hydrogen-bond acceptors (Lipinski definition) is 2. The van der Waals surface area contributed by atoms with Gasteiger partial charge in [0.05, 0.1) is 5.56 Å². The molecule has 1 fully saturated rings. The largest absolute Gasteiger partial charge is 0.307 e. The molecule has 2 bridgehead atoms. The highest BCUT2D eigenvalue weighted by Crippen LogP contribution is 2.33. The van der Waals surface area contributed by atoms with Crippen molar-refractivity contribution in [3.63, 3.8) is 0 Å². The molecule has 0 amide bonds. The number of nitrogens with zero attached hydrogens (tertiary/aromatic N) is 1. The molecule has 2 atom stereocenters. The summed E-state index contributed by atoms with van der Waals surface area (Å²) in [6, 6.07) is 1.12. The number of hydrogen-bond donors (Lipinski definition) is 2. The number of aromatic amines is 1. The Morgan fingerprint density at radius 1 is 1.40 bits per heavy atom. The van der Waals surface area contributed by atoms with Crippen molar-refractivity contribution in [3.05, 3.63) is 21.6 Å². The van der Waals surface area contributed by atoms with Crippen LogP contribution in [0.15, 0.2) is 4.79 Å². The Kier molecular flexibility index (Phi) is 1.83. The van der Waals surface area contributed by atoms with Gasteiger partial charge in [0.15, 0.2) is 0 Å². The monoisotopic (exact) mass is 207 g/mol. The highest BCUT2D eigenvalue weighted by atomic mass is 16.1. The summed E-state index contributed by atoms with van der Waals surface area (Å²) >= 11 is 0. The van der Waals surface area contributed by atoms with Crippen LogP contribution in [0.1, 0.15) is 50.0 Å². The van der Waals surface area contributed by atoms with Gasteiger partial charge in [-0.05, 0) is 26.7 Å². The summed E-state index contributed by atoms with van der Waals surface area (Å²) < 4.78 is 1.76. The molecule has 2 aliphatic rings. The average molecular weight is 207 g/mol. The first kappa shape index (κ1) is 9.21. The van der Waals surface area contributed by atoms with Crippen molar-refractivity contribution in [2.75, 3.05) is 0 Å². The van der Waals surface area contributed by atoms with Crippen LogP contribution in [0.3, 0.4) is 0 Å². The van der Waals surface area contributed by atoms with Crippen LogP contribution in [-0.4, -0.2) is 15.8 Å². The standard InChI is InChI=1S/C11H17N3O/c1-6(2)14-11(15)10-8-4-3-7(12-8)5-9(10)13-14/h6-8,12-13H,3-5H2,1-2H3. The first-order chi connectivity index (χ1) is 7.16. The zero-order valence-corrected chi connectivity index (χ0v) is 9.21. The molecule has 0 radical (unpaired) electrons. The Morgan fingerprint density at radius 2 is 2.20 bits per heavy atom. The Hall–Kier alpha value is -1.03. The third kappa shape index (κ3) is 1.21. The molecular weight excluding hydrogens is 190 g/mol. The van der Waals surface area contributed by atoms with Gasteiger partial charge >= 0.3 is 0 Å². The lowest BCUT2D eigenvalue weighted by molar-refractivity contribution is 0.499. The van der Waals surface area contributed by atoms with Gasteiger partial charge in [-0.25, -0.2) is 0 Å². The Labute approximate surface area is 88.7 Å². The summed E-state index contributed by atoms with van der Waals surface area (Å²) in [7, 11) is 0. The lowest BCUT2D eigenvalue weighted by Gasteiger charge is -2.19. The molecule has 1 aromatic heterocycles. The average Bonchev–Trinajstić information content (AvgIpc) is 2.70. The lowest BCUT2D eigenvalue weighted by Crippen LogP contribution is -2.34. The summed E-state index contributed by atoms with van der Waals surface area (Å²) in [5.74, 6) is 0. The van der Waals surface area contributed by atoms with Crippen LogP contribution in [0.25, 0.3) is 0 Å². The Balaban J connectivity index is 2.14. The molecule has 2 unspecified atom stereocenters. The van der Waals surface area contributed by atoms with Crippen molar-refractivity contribution in [1.29, 1.82) is 0 Å². The van der Waals surface area contributed by atoms with Gasteiger partial charge in [-0.1, -0.05) is 0 Å². The van der Waals surface area contributed by atoms with E-state index in [4.69, 9.17) is 0 Å². The fourth-order valence-corrected chi connectivity index (χ4v) is 2.85. The van der Waals surface area contributed by atoms with Gasteiger partial charge in [0.25, 0.3) is 5.56 Å². The van der Waals surface area contributed by atoms with Crippen LogP contribution >= 0.6 is 0 Å². The number of nitrogens with one attached hydrogen (secondary N) is 2. The summed E-state index contributed by atoms with van der Waals surface area (Å²) in [5.41, 5.74) is 2.34. The van der Waals surface area contributed by atoms with E-state index in [1.165, 1.54) is 12.1 Å². The fraction of sp³-hybridized carbons (Fsp3) is 0.727. The third-order valence-electron chi connectivity index (χ3n) is 3.59. The van der Waals surface area contributed by atoms with Gasteiger partial charge in [0.1, 0.15) is 0 Å².